The summed E-state index contributed by atoms with van der Waals surface area (Å²) < 4.78 is 0. The summed E-state index contributed by atoms with van der Waals surface area (Å²) >= 11 is 1.70. The van der Waals surface area contributed by atoms with Gasteiger partial charge < -0.3 is 5.73 Å². The summed E-state index contributed by atoms with van der Waals surface area (Å²) in [6.45, 7) is 3.98. The molecule has 82 valence electrons. The van der Waals surface area contributed by atoms with E-state index in [4.69, 9.17) is 5.73 Å². The fourth-order valence-corrected chi connectivity index (χ4v) is 2.03. The highest BCUT2D eigenvalue weighted by Crippen LogP contribution is 2.05. The molecule has 0 bridgehead atoms. The maximum Gasteiger partial charge on any atom is 0.252 e. The van der Waals surface area contributed by atoms with E-state index in [0.717, 1.165) is 18.8 Å². The number of nitrogens with one attached hydrogen (secondary N) is 1. The van der Waals surface area contributed by atoms with Crippen LogP contribution in [0.3, 0.4) is 0 Å². The number of carbonyl (C=O) groups excluding carboxylic acids is 1. The maximum atomic E-state index is 11.5. The fraction of sp³-hybridized carbons (Fsp3) is 0.889. The van der Waals surface area contributed by atoms with E-state index in [-0.39, 0.29) is 11.9 Å². The summed E-state index contributed by atoms with van der Waals surface area (Å²) in [5.74, 6) is 1.66. The Balaban J connectivity index is 2.18. The van der Waals surface area contributed by atoms with Gasteiger partial charge in [-0.05, 0) is 18.6 Å². The number of hydrazine groups is 1. The molecule has 5 heteroatoms. The van der Waals surface area contributed by atoms with Gasteiger partial charge in [-0.1, -0.05) is 6.92 Å². The Bertz CT molecular complexity index is 183. The second-order valence-corrected chi connectivity index (χ2v) is 4.76. The molecule has 0 radical (unpaired) electrons. The van der Waals surface area contributed by atoms with E-state index in [0.29, 0.717) is 5.75 Å². The largest absolute Gasteiger partial charge is 0.319 e. The lowest BCUT2D eigenvalue weighted by Gasteiger charge is -2.19. The molecule has 0 aromatic rings. The Morgan fingerprint density at radius 1 is 1.57 bits per heavy atom. The predicted molar refractivity (Wildman–Crippen MR) is 59.9 cm³/mol. The minimum Gasteiger partial charge on any atom is -0.319 e. The molecule has 3 N–H and O–H groups in total. The third-order valence-electron chi connectivity index (χ3n) is 2.21. The van der Waals surface area contributed by atoms with Gasteiger partial charge in [0, 0.05) is 18.8 Å². The molecule has 0 aromatic carbocycles. The Morgan fingerprint density at radius 3 is 2.79 bits per heavy atom. The van der Waals surface area contributed by atoms with Crippen molar-refractivity contribution in [3.05, 3.63) is 0 Å². The highest BCUT2D eigenvalue weighted by atomic mass is 32.2. The van der Waals surface area contributed by atoms with Crippen molar-refractivity contribution in [1.82, 2.24) is 10.4 Å². The Labute approximate surface area is 89.6 Å². The highest BCUT2D eigenvalue weighted by Gasteiger charge is 2.18. The van der Waals surface area contributed by atoms with Gasteiger partial charge in [-0.25, -0.2) is 5.01 Å². The molecule has 1 saturated heterocycles. The standard InChI is InChI=1S/C9H19N3OS/c1-2-14-7-8(10)9(13)11-12-5-3-4-6-12/h8H,2-7,10H2,1H3,(H,11,13)/t8-/m0/s1. The van der Waals surface area contributed by atoms with E-state index < -0.39 is 0 Å². The zero-order valence-corrected chi connectivity index (χ0v) is 9.48. The summed E-state index contributed by atoms with van der Waals surface area (Å²) in [6.07, 6.45) is 2.33. The lowest BCUT2D eigenvalue weighted by molar-refractivity contribution is -0.126. The van der Waals surface area contributed by atoms with E-state index in [2.05, 4.69) is 12.3 Å². The van der Waals surface area contributed by atoms with E-state index in [9.17, 15) is 4.79 Å². The van der Waals surface area contributed by atoms with Crippen LogP contribution in [0.15, 0.2) is 0 Å². The fourth-order valence-electron chi connectivity index (χ4n) is 1.39. The van der Waals surface area contributed by atoms with Gasteiger partial charge >= 0.3 is 0 Å². The second-order valence-electron chi connectivity index (χ2n) is 3.44. The van der Waals surface area contributed by atoms with E-state index in [1.165, 1.54) is 12.8 Å². The molecule has 0 saturated carbocycles. The topological polar surface area (TPSA) is 58.4 Å². The van der Waals surface area contributed by atoms with Crippen molar-refractivity contribution in [1.29, 1.82) is 0 Å². The van der Waals surface area contributed by atoms with Crippen molar-refractivity contribution < 1.29 is 4.79 Å². The van der Waals surface area contributed by atoms with Gasteiger partial charge in [0.25, 0.3) is 5.91 Å². The molecule has 14 heavy (non-hydrogen) atoms. The number of hydrogen-bond acceptors (Lipinski definition) is 4. The van der Waals surface area contributed by atoms with Gasteiger partial charge in [0.15, 0.2) is 0 Å². The first-order valence-corrected chi connectivity index (χ1v) is 6.28. The minimum atomic E-state index is -0.374. The van der Waals surface area contributed by atoms with Gasteiger partial charge in [-0.3, -0.25) is 10.2 Å². The van der Waals surface area contributed by atoms with Crippen LogP contribution in [0.25, 0.3) is 0 Å². The first-order chi connectivity index (χ1) is 6.74. The third-order valence-corrected chi connectivity index (χ3v) is 3.22. The number of carbonyl (C=O) groups is 1. The Morgan fingerprint density at radius 2 is 2.21 bits per heavy atom. The first-order valence-electron chi connectivity index (χ1n) is 5.12. The van der Waals surface area contributed by atoms with Crippen LogP contribution in [-0.2, 0) is 4.79 Å². The minimum absolute atomic E-state index is 0.0483. The number of amides is 1. The molecule has 1 atom stereocenters. The summed E-state index contributed by atoms with van der Waals surface area (Å²) in [6, 6.07) is -0.374. The lowest BCUT2D eigenvalue weighted by Crippen LogP contribution is -2.49. The summed E-state index contributed by atoms with van der Waals surface area (Å²) in [7, 11) is 0. The SMILES string of the molecule is CCSC[C@H](N)C(=O)NN1CCCC1. The number of hydrogen-bond donors (Lipinski definition) is 2. The van der Waals surface area contributed by atoms with Gasteiger partial charge in [-0.2, -0.15) is 11.8 Å². The molecule has 0 spiro atoms. The summed E-state index contributed by atoms with van der Waals surface area (Å²) in [4.78, 5) is 11.5. The zero-order valence-electron chi connectivity index (χ0n) is 8.66. The van der Waals surface area contributed by atoms with E-state index >= 15 is 0 Å². The van der Waals surface area contributed by atoms with E-state index in [1.807, 2.05) is 5.01 Å². The van der Waals surface area contributed by atoms with Gasteiger partial charge in [0.1, 0.15) is 0 Å². The predicted octanol–water partition coefficient (Wildman–Crippen LogP) is 0.194. The summed E-state index contributed by atoms with van der Waals surface area (Å²) in [5, 5.41) is 1.96. The molecule has 4 nitrogen and oxygen atoms in total. The zero-order chi connectivity index (χ0) is 10.4. The monoisotopic (exact) mass is 217 g/mol. The smallest absolute Gasteiger partial charge is 0.252 e. The first kappa shape index (κ1) is 11.8. The summed E-state index contributed by atoms with van der Waals surface area (Å²) in [5.41, 5.74) is 8.57. The van der Waals surface area contributed by atoms with Crippen LogP contribution in [0.2, 0.25) is 0 Å². The van der Waals surface area contributed by atoms with Crippen molar-refractivity contribution in [3.63, 3.8) is 0 Å². The van der Waals surface area contributed by atoms with Crippen LogP contribution in [0, 0.1) is 0 Å². The molecule has 1 amide bonds. The van der Waals surface area contributed by atoms with Gasteiger partial charge in [0.05, 0.1) is 6.04 Å². The normalized spacial score (nSPS) is 19.6. The molecular formula is C9H19N3OS. The molecule has 1 aliphatic rings. The van der Waals surface area contributed by atoms with E-state index in [1.54, 1.807) is 11.8 Å². The Kier molecular flexibility index (Phi) is 5.29. The molecule has 1 heterocycles. The molecular weight excluding hydrogens is 198 g/mol. The number of nitrogens with zero attached hydrogens (tertiary/aromatic N) is 1. The van der Waals surface area contributed by atoms with Crippen LogP contribution < -0.4 is 11.2 Å². The average Bonchev–Trinajstić information content (AvgIpc) is 2.66. The van der Waals surface area contributed by atoms with Crippen LogP contribution >= 0.6 is 11.8 Å². The van der Waals surface area contributed by atoms with Crippen molar-refractivity contribution in [2.24, 2.45) is 5.73 Å². The van der Waals surface area contributed by atoms with Crippen molar-refractivity contribution >= 4 is 17.7 Å². The quantitative estimate of drug-likeness (QED) is 0.690. The van der Waals surface area contributed by atoms with Gasteiger partial charge in [-0.15, -0.1) is 0 Å². The number of rotatable bonds is 5. The molecule has 1 aliphatic heterocycles. The second kappa shape index (κ2) is 6.27. The van der Waals surface area contributed by atoms with Gasteiger partial charge in [0.2, 0.25) is 0 Å². The molecule has 0 unspecified atom stereocenters. The third kappa shape index (κ3) is 3.86. The maximum absolute atomic E-state index is 11.5. The van der Waals surface area contributed by atoms with Crippen LogP contribution in [0.4, 0.5) is 0 Å². The highest BCUT2D eigenvalue weighted by molar-refractivity contribution is 7.99. The number of nitrogens with two attached hydrogens (primary N) is 1. The van der Waals surface area contributed by atoms with Crippen LogP contribution in [-0.4, -0.2) is 41.6 Å². The number of thioether (sulfide) groups is 1. The van der Waals surface area contributed by atoms with Crippen LogP contribution in [0.5, 0.6) is 0 Å². The van der Waals surface area contributed by atoms with Crippen molar-refractivity contribution in [3.8, 4) is 0 Å². The lowest BCUT2D eigenvalue weighted by atomic mass is 10.3. The van der Waals surface area contributed by atoms with Crippen molar-refractivity contribution in [2.75, 3.05) is 24.6 Å². The van der Waals surface area contributed by atoms with Crippen molar-refractivity contribution in [2.45, 2.75) is 25.8 Å². The Hall–Kier alpha value is -0.260. The average molecular weight is 217 g/mol. The molecule has 0 aliphatic carbocycles. The molecule has 1 fully saturated rings. The molecule has 1 rings (SSSR count). The van der Waals surface area contributed by atoms with Crippen LogP contribution in [0.1, 0.15) is 19.8 Å². The molecule has 0 aromatic heterocycles.